The van der Waals surface area contributed by atoms with Crippen LogP contribution in [0.1, 0.15) is 5.69 Å². The van der Waals surface area contributed by atoms with Crippen molar-refractivity contribution in [3.05, 3.63) is 48.7 Å². The topological polar surface area (TPSA) is 35.0 Å². The molecule has 0 spiro atoms. The molecule has 2 aromatic heterocycles. The first kappa shape index (κ1) is 11.3. The van der Waals surface area contributed by atoms with Gasteiger partial charge in [-0.25, -0.2) is 9.37 Å². The molecule has 4 heteroatoms. The molecule has 2 rings (SSSR count). The van der Waals surface area contributed by atoms with Gasteiger partial charge in [0.05, 0.1) is 7.11 Å². The van der Waals surface area contributed by atoms with Crippen LogP contribution in [0.2, 0.25) is 0 Å². The zero-order chi connectivity index (χ0) is 12.3. The quantitative estimate of drug-likeness (QED) is 0.813. The molecule has 0 radical (unpaired) electrons. The van der Waals surface area contributed by atoms with Gasteiger partial charge in [-0.15, -0.1) is 0 Å². The second-order valence-electron chi connectivity index (χ2n) is 3.35. The highest BCUT2D eigenvalue weighted by molar-refractivity contribution is 5.69. The van der Waals surface area contributed by atoms with E-state index in [4.69, 9.17) is 4.74 Å². The first-order chi connectivity index (χ1) is 8.26. The molecule has 2 aromatic rings. The molecule has 3 nitrogen and oxygen atoms in total. The number of rotatable bonds is 3. The summed E-state index contributed by atoms with van der Waals surface area (Å²) in [6.07, 6.45) is 4.62. The Hall–Kier alpha value is -2.23. The monoisotopic (exact) mass is 230 g/mol. The van der Waals surface area contributed by atoms with Crippen molar-refractivity contribution in [3.63, 3.8) is 0 Å². The van der Waals surface area contributed by atoms with Gasteiger partial charge in [-0.05, 0) is 29.8 Å². The molecule has 0 bridgehead atoms. The number of hydrogen-bond donors (Lipinski definition) is 0. The fourth-order valence-corrected chi connectivity index (χ4v) is 1.52. The van der Waals surface area contributed by atoms with Crippen LogP contribution in [0.5, 0.6) is 5.88 Å². The van der Waals surface area contributed by atoms with Gasteiger partial charge in [0, 0.05) is 18.0 Å². The van der Waals surface area contributed by atoms with E-state index in [-0.39, 0.29) is 5.69 Å². The summed E-state index contributed by atoms with van der Waals surface area (Å²) in [5.41, 5.74) is 1.58. The molecular weight excluding hydrogens is 219 g/mol. The summed E-state index contributed by atoms with van der Waals surface area (Å²) in [6.45, 7) is 3.50. The highest BCUT2D eigenvalue weighted by atomic mass is 19.1. The molecule has 0 unspecified atom stereocenters. The average Bonchev–Trinajstić information content (AvgIpc) is 2.39. The predicted octanol–water partition coefficient (Wildman–Crippen LogP) is 2.93. The number of aromatic nitrogens is 2. The summed E-state index contributed by atoms with van der Waals surface area (Å²) in [5, 5.41) is 0. The molecule has 17 heavy (non-hydrogen) atoms. The van der Waals surface area contributed by atoms with E-state index in [1.807, 2.05) is 0 Å². The lowest BCUT2D eigenvalue weighted by atomic mass is 10.1. The Morgan fingerprint density at radius 1 is 1.35 bits per heavy atom. The fraction of sp³-hybridized carbons (Fsp3) is 0.0769. The van der Waals surface area contributed by atoms with E-state index in [0.717, 1.165) is 5.56 Å². The number of hydrogen-bond acceptors (Lipinski definition) is 3. The van der Waals surface area contributed by atoms with Crippen molar-refractivity contribution in [3.8, 4) is 17.0 Å². The highest BCUT2D eigenvalue weighted by Gasteiger charge is 2.12. The number of halogens is 1. The van der Waals surface area contributed by atoms with Crippen LogP contribution in [0.25, 0.3) is 17.2 Å². The normalized spacial score (nSPS) is 10.0. The number of pyridine rings is 2. The molecule has 0 aliphatic carbocycles. The summed E-state index contributed by atoms with van der Waals surface area (Å²) in [5.74, 6) is -0.0555. The molecule has 0 amide bonds. The summed E-state index contributed by atoms with van der Waals surface area (Å²) in [4.78, 5) is 7.96. The van der Waals surface area contributed by atoms with Crippen molar-refractivity contribution in [1.29, 1.82) is 0 Å². The molecule has 0 N–H and O–H groups in total. The minimum atomic E-state index is -0.424. The van der Waals surface area contributed by atoms with Crippen molar-refractivity contribution >= 4 is 6.08 Å². The van der Waals surface area contributed by atoms with Gasteiger partial charge < -0.3 is 4.74 Å². The second kappa shape index (κ2) is 4.74. The van der Waals surface area contributed by atoms with Gasteiger partial charge in [0.1, 0.15) is 11.5 Å². The number of nitrogens with zero attached hydrogens (tertiary/aromatic N) is 2. The van der Waals surface area contributed by atoms with Crippen molar-refractivity contribution in [1.82, 2.24) is 9.97 Å². The largest absolute Gasteiger partial charge is 0.481 e. The Kier molecular flexibility index (Phi) is 3.14. The van der Waals surface area contributed by atoms with Crippen LogP contribution in [0, 0.1) is 5.82 Å². The average molecular weight is 230 g/mol. The predicted molar refractivity (Wildman–Crippen MR) is 64.1 cm³/mol. The summed E-state index contributed by atoms with van der Waals surface area (Å²) in [7, 11) is 1.50. The Bertz CT molecular complexity index is 541. The Labute approximate surface area is 98.6 Å². The fourth-order valence-electron chi connectivity index (χ4n) is 1.52. The van der Waals surface area contributed by atoms with Crippen LogP contribution in [0.4, 0.5) is 4.39 Å². The van der Waals surface area contributed by atoms with Gasteiger partial charge >= 0.3 is 0 Å². The number of ether oxygens (including phenoxy) is 1. The molecule has 0 aliphatic heterocycles. The van der Waals surface area contributed by atoms with E-state index in [0.29, 0.717) is 11.4 Å². The third-order valence-electron chi connectivity index (χ3n) is 2.35. The van der Waals surface area contributed by atoms with Crippen molar-refractivity contribution in [2.24, 2.45) is 0 Å². The van der Waals surface area contributed by atoms with E-state index in [1.165, 1.54) is 19.3 Å². The first-order valence-corrected chi connectivity index (χ1v) is 5.03. The van der Waals surface area contributed by atoms with E-state index >= 15 is 0 Å². The van der Waals surface area contributed by atoms with Gasteiger partial charge in [-0.3, -0.25) is 4.98 Å². The third kappa shape index (κ3) is 2.15. The molecule has 0 aliphatic rings. The lowest BCUT2D eigenvalue weighted by molar-refractivity contribution is 0.397. The molecule has 0 aromatic carbocycles. The molecule has 2 heterocycles. The van der Waals surface area contributed by atoms with Crippen LogP contribution in [-0.4, -0.2) is 17.1 Å². The molecule has 0 fully saturated rings. The maximum absolute atomic E-state index is 13.6. The molecular formula is C13H11FN2O. The molecule has 0 saturated carbocycles. The minimum Gasteiger partial charge on any atom is -0.481 e. The summed E-state index contributed by atoms with van der Waals surface area (Å²) in [6, 6.07) is 4.93. The van der Waals surface area contributed by atoms with Gasteiger partial charge in [0.2, 0.25) is 5.88 Å². The first-order valence-electron chi connectivity index (χ1n) is 5.03. The molecule has 0 atom stereocenters. The van der Waals surface area contributed by atoms with Gasteiger partial charge in [-0.1, -0.05) is 6.58 Å². The van der Waals surface area contributed by atoms with Crippen LogP contribution in [0.3, 0.4) is 0 Å². The smallest absolute Gasteiger partial charge is 0.221 e. The maximum atomic E-state index is 13.6. The molecule has 86 valence electrons. The Morgan fingerprint density at radius 3 is 2.65 bits per heavy atom. The van der Waals surface area contributed by atoms with E-state index in [1.54, 1.807) is 24.5 Å². The van der Waals surface area contributed by atoms with Gasteiger partial charge in [0.25, 0.3) is 0 Å². The Morgan fingerprint density at radius 2 is 2.06 bits per heavy atom. The third-order valence-corrected chi connectivity index (χ3v) is 2.35. The summed E-state index contributed by atoms with van der Waals surface area (Å²) >= 11 is 0. The van der Waals surface area contributed by atoms with Crippen LogP contribution in [-0.2, 0) is 0 Å². The lowest BCUT2D eigenvalue weighted by Crippen LogP contribution is -1.97. The van der Waals surface area contributed by atoms with Gasteiger partial charge in [0.15, 0.2) is 0 Å². The van der Waals surface area contributed by atoms with Crippen molar-refractivity contribution in [2.75, 3.05) is 7.11 Å². The number of methoxy groups -OCH3 is 1. The standard InChI is InChI=1S/C13H11FN2O/c1-3-12-11(14)8-10(13(16-12)17-2)9-4-6-15-7-5-9/h3-8H,1H2,2H3. The zero-order valence-corrected chi connectivity index (χ0v) is 9.35. The SMILES string of the molecule is C=Cc1nc(OC)c(-c2ccncc2)cc1F. The molecule has 0 saturated heterocycles. The Balaban J connectivity index is 2.61. The van der Waals surface area contributed by atoms with E-state index in [9.17, 15) is 4.39 Å². The zero-order valence-electron chi connectivity index (χ0n) is 9.35. The van der Waals surface area contributed by atoms with Crippen LogP contribution in [0.15, 0.2) is 37.2 Å². The maximum Gasteiger partial charge on any atom is 0.221 e. The minimum absolute atomic E-state index is 0.180. The summed E-state index contributed by atoms with van der Waals surface area (Å²) < 4.78 is 18.8. The van der Waals surface area contributed by atoms with E-state index in [2.05, 4.69) is 16.5 Å². The van der Waals surface area contributed by atoms with Crippen molar-refractivity contribution < 1.29 is 9.13 Å². The second-order valence-corrected chi connectivity index (χ2v) is 3.35. The van der Waals surface area contributed by atoms with Crippen LogP contribution >= 0.6 is 0 Å². The van der Waals surface area contributed by atoms with E-state index < -0.39 is 5.82 Å². The lowest BCUT2D eigenvalue weighted by Gasteiger charge is -2.09. The van der Waals surface area contributed by atoms with Crippen LogP contribution < -0.4 is 4.74 Å². The van der Waals surface area contributed by atoms with Gasteiger partial charge in [-0.2, -0.15) is 0 Å². The van der Waals surface area contributed by atoms with Crippen molar-refractivity contribution in [2.45, 2.75) is 0 Å². The highest BCUT2D eigenvalue weighted by Crippen LogP contribution is 2.29.